The van der Waals surface area contributed by atoms with Gasteiger partial charge in [-0.3, -0.25) is 4.79 Å². The molecule has 0 aromatic heterocycles. The Labute approximate surface area is 114 Å². The lowest BCUT2D eigenvalue weighted by Gasteiger charge is -2.29. The van der Waals surface area contributed by atoms with E-state index in [9.17, 15) is 10.1 Å². The maximum absolute atomic E-state index is 12.6. The van der Waals surface area contributed by atoms with Gasteiger partial charge in [0.25, 0.3) is 0 Å². The second-order valence-corrected chi connectivity index (χ2v) is 4.44. The monoisotopic (exact) mass is 260 g/mol. The van der Waals surface area contributed by atoms with Crippen molar-refractivity contribution in [3.63, 3.8) is 0 Å². The molecule has 19 heavy (non-hydrogen) atoms. The number of methoxy groups -OCH3 is 1. The number of ether oxygens (including phenoxy) is 1. The highest BCUT2D eigenvalue weighted by atomic mass is 16.5. The fourth-order valence-corrected chi connectivity index (χ4v) is 2.10. The number of hydrogen-bond acceptors (Lipinski definition) is 3. The summed E-state index contributed by atoms with van der Waals surface area (Å²) < 4.78 is 5.25. The molecule has 0 radical (unpaired) electrons. The first-order chi connectivity index (χ1) is 9.06. The van der Waals surface area contributed by atoms with E-state index in [0.717, 1.165) is 0 Å². The minimum Gasteiger partial charge on any atom is -0.495 e. The predicted molar refractivity (Wildman–Crippen MR) is 75.0 cm³/mol. The van der Waals surface area contributed by atoms with Crippen molar-refractivity contribution in [2.75, 3.05) is 19.1 Å². The van der Waals surface area contributed by atoms with Crippen LogP contribution in [0.3, 0.4) is 0 Å². The number of rotatable bonds is 5. The van der Waals surface area contributed by atoms with E-state index in [4.69, 9.17) is 4.74 Å². The van der Waals surface area contributed by atoms with E-state index in [1.54, 1.807) is 20.2 Å². The third-order valence-corrected chi connectivity index (χ3v) is 3.58. The van der Waals surface area contributed by atoms with E-state index >= 15 is 0 Å². The molecule has 0 N–H and O–H groups in total. The lowest BCUT2D eigenvalue weighted by molar-refractivity contribution is -0.125. The summed E-state index contributed by atoms with van der Waals surface area (Å²) in [6, 6.07) is 9.46. The van der Waals surface area contributed by atoms with Crippen LogP contribution in [0.4, 0.5) is 5.69 Å². The van der Waals surface area contributed by atoms with Crippen LogP contribution in [0.2, 0.25) is 0 Å². The lowest BCUT2D eigenvalue weighted by atomic mass is 9.82. The number of hydrogen-bond donors (Lipinski definition) is 0. The summed E-state index contributed by atoms with van der Waals surface area (Å²) in [6.07, 6.45) is 0.997. The molecular formula is C15H20N2O2. The van der Waals surface area contributed by atoms with Gasteiger partial charge in [-0.15, -0.1) is 0 Å². The average molecular weight is 260 g/mol. The number of nitrogens with zero attached hydrogens (tertiary/aromatic N) is 2. The molecule has 4 nitrogen and oxygen atoms in total. The first-order valence-electron chi connectivity index (χ1n) is 6.38. The van der Waals surface area contributed by atoms with Gasteiger partial charge in [0.05, 0.1) is 18.9 Å². The van der Waals surface area contributed by atoms with Crippen LogP contribution >= 0.6 is 0 Å². The zero-order chi connectivity index (χ0) is 14.5. The molecule has 1 aromatic rings. The molecule has 0 bridgehead atoms. The Morgan fingerprint density at radius 1 is 1.37 bits per heavy atom. The Bertz CT molecular complexity index is 487. The van der Waals surface area contributed by atoms with Gasteiger partial charge in [0.2, 0.25) is 5.91 Å². The van der Waals surface area contributed by atoms with Crippen molar-refractivity contribution < 1.29 is 9.53 Å². The zero-order valence-corrected chi connectivity index (χ0v) is 11.9. The van der Waals surface area contributed by atoms with Crippen molar-refractivity contribution in [1.29, 1.82) is 5.26 Å². The Morgan fingerprint density at radius 2 is 1.95 bits per heavy atom. The van der Waals surface area contributed by atoms with E-state index in [0.29, 0.717) is 24.3 Å². The third kappa shape index (κ3) is 2.70. The van der Waals surface area contributed by atoms with Gasteiger partial charge in [-0.05, 0) is 25.0 Å². The first kappa shape index (κ1) is 15.0. The number of amides is 1. The SMILES string of the molecule is CCC(C#N)(CC)C(=O)N(C)c1ccccc1OC. The van der Waals surface area contributed by atoms with Gasteiger partial charge < -0.3 is 9.64 Å². The summed E-state index contributed by atoms with van der Waals surface area (Å²) >= 11 is 0. The minimum absolute atomic E-state index is 0.190. The largest absolute Gasteiger partial charge is 0.495 e. The highest BCUT2D eigenvalue weighted by molar-refractivity contribution is 6.00. The smallest absolute Gasteiger partial charge is 0.247 e. The molecule has 1 rings (SSSR count). The number of anilines is 1. The second kappa shape index (κ2) is 6.24. The van der Waals surface area contributed by atoms with Crippen LogP contribution < -0.4 is 9.64 Å². The topological polar surface area (TPSA) is 53.3 Å². The van der Waals surface area contributed by atoms with Crippen molar-refractivity contribution in [2.24, 2.45) is 5.41 Å². The van der Waals surface area contributed by atoms with Gasteiger partial charge in [-0.1, -0.05) is 26.0 Å². The van der Waals surface area contributed by atoms with Gasteiger partial charge >= 0.3 is 0 Å². The Hall–Kier alpha value is -2.02. The zero-order valence-electron chi connectivity index (χ0n) is 11.9. The maximum atomic E-state index is 12.6. The highest BCUT2D eigenvalue weighted by Gasteiger charge is 2.38. The minimum atomic E-state index is -0.963. The molecule has 0 aliphatic heterocycles. The Kier molecular flexibility index (Phi) is 4.94. The van der Waals surface area contributed by atoms with E-state index in [2.05, 4.69) is 6.07 Å². The number of carbonyl (C=O) groups is 1. The van der Waals surface area contributed by atoms with Gasteiger partial charge in [0, 0.05) is 7.05 Å². The van der Waals surface area contributed by atoms with Crippen molar-refractivity contribution >= 4 is 11.6 Å². The van der Waals surface area contributed by atoms with E-state index in [1.165, 1.54) is 4.90 Å². The van der Waals surface area contributed by atoms with Crippen LogP contribution in [-0.4, -0.2) is 20.1 Å². The third-order valence-electron chi connectivity index (χ3n) is 3.58. The fourth-order valence-electron chi connectivity index (χ4n) is 2.10. The fraction of sp³-hybridized carbons (Fsp3) is 0.467. The van der Waals surface area contributed by atoms with Gasteiger partial charge in [0.15, 0.2) is 0 Å². The van der Waals surface area contributed by atoms with Crippen molar-refractivity contribution in [3.8, 4) is 11.8 Å². The molecule has 0 saturated carbocycles. The standard InChI is InChI=1S/C15H20N2O2/c1-5-15(6-2,11-16)14(18)17(3)12-9-7-8-10-13(12)19-4/h7-10H,5-6H2,1-4H3. The summed E-state index contributed by atoms with van der Waals surface area (Å²) in [7, 11) is 3.24. The molecule has 0 fully saturated rings. The van der Waals surface area contributed by atoms with Gasteiger partial charge in [0.1, 0.15) is 11.2 Å². The molecule has 1 aromatic carbocycles. The van der Waals surface area contributed by atoms with Crippen molar-refractivity contribution in [2.45, 2.75) is 26.7 Å². The molecule has 0 atom stereocenters. The molecule has 0 heterocycles. The summed E-state index contributed by atoms with van der Waals surface area (Å²) in [4.78, 5) is 14.1. The lowest BCUT2D eigenvalue weighted by Crippen LogP contribution is -2.41. The summed E-state index contributed by atoms with van der Waals surface area (Å²) in [6.45, 7) is 3.72. The molecule has 0 unspecified atom stereocenters. The number of carbonyl (C=O) groups excluding carboxylic acids is 1. The van der Waals surface area contributed by atoms with Gasteiger partial charge in [-0.2, -0.15) is 5.26 Å². The van der Waals surface area contributed by atoms with Crippen LogP contribution in [0.15, 0.2) is 24.3 Å². The maximum Gasteiger partial charge on any atom is 0.247 e. The predicted octanol–water partition coefficient (Wildman–Crippen LogP) is 2.99. The quantitative estimate of drug-likeness (QED) is 0.817. The molecule has 0 aliphatic carbocycles. The molecule has 0 spiro atoms. The Balaban J connectivity index is 3.16. The van der Waals surface area contributed by atoms with Crippen molar-refractivity contribution in [3.05, 3.63) is 24.3 Å². The molecule has 102 valence electrons. The molecular weight excluding hydrogens is 240 g/mol. The average Bonchev–Trinajstić information content (AvgIpc) is 2.48. The van der Waals surface area contributed by atoms with Crippen LogP contribution in [0.1, 0.15) is 26.7 Å². The molecule has 4 heteroatoms. The van der Waals surface area contributed by atoms with Crippen LogP contribution in [0.5, 0.6) is 5.75 Å². The first-order valence-corrected chi connectivity index (χ1v) is 6.38. The molecule has 1 amide bonds. The van der Waals surface area contributed by atoms with E-state index in [-0.39, 0.29) is 5.91 Å². The number of para-hydroxylation sites is 2. The summed E-state index contributed by atoms with van der Waals surface area (Å²) in [5.74, 6) is 0.432. The number of nitriles is 1. The second-order valence-electron chi connectivity index (χ2n) is 4.44. The van der Waals surface area contributed by atoms with Crippen molar-refractivity contribution in [1.82, 2.24) is 0 Å². The van der Waals surface area contributed by atoms with Gasteiger partial charge in [-0.25, -0.2) is 0 Å². The van der Waals surface area contributed by atoms with Crippen LogP contribution in [-0.2, 0) is 4.79 Å². The number of benzene rings is 1. The normalized spacial score (nSPS) is 10.7. The van der Waals surface area contributed by atoms with E-state index in [1.807, 2.05) is 32.0 Å². The van der Waals surface area contributed by atoms with Crippen LogP contribution in [0, 0.1) is 16.7 Å². The molecule has 0 saturated heterocycles. The highest BCUT2D eigenvalue weighted by Crippen LogP contribution is 2.33. The summed E-state index contributed by atoms with van der Waals surface area (Å²) in [5.41, 5.74) is -0.285. The van der Waals surface area contributed by atoms with Crippen LogP contribution in [0.25, 0.3) is 0 Å². The van der Waals surface area contributed by atoms with E-state index < -0.39 is 5.41 Å². The molecule has 0 aliphatic rings. The summed E-state index contributed by atoms with van der Waals surface area (Å²) in [5, 5.41) is 9.34. The Morgan fingerprint density at radius 3 is 2.42 bits per heavy atom.